The molecule has 2 aromatic carbocycles. The highest BCUT2D eigenvalue weighted by Crippen LogP contribution is 2.31. The third kappa shape index (κ3) is 4.75. The van der Waals surface area contributed by atoms with Gasteiger partial charge in [-0.15, -0.1) is 0 Å². The number of alkyl halides is 3. The fraction of sp³-hybridized carbons (Fsp3) is 0.200. The van der Waals surface area contributed by atoms with Crippen LogP contribution in [-0.2, 0) is 10.9 Å². The average molecular weight is 438 g/mol. The molecule has 0 spiro atoms. The van der Waals surface area contributed by atoms with E-state index in [1.807, 2.05) is 24.5 Å². The summed E-state index contributed by atoms with van der Waals surface area (Å²) >= 11 is 0. The van der Waals surface area contributed by atoms with Crippen LogP contribution in [0.25, 0.3) is 17.3 Å². The van der Waals surface area contributed by atoms with Gasteiger partial charge in [0, 0.05) is 17.1 Å². The lowest BCUT2D eigenvalue weighted by atomic mass is 10.0. The lowest BCUT2D eigenvalue weighted by Crippen LogP contribution is -2.05. The Kier molecular flexibility index (Phi) is 6.54. The summed E-state index contributed by atoms with van der Waals surface area (Å²) in [5.74, 6) is -0.390. The fourth-order valence-electron chi connectivity index (χ4n) is 3.47. The summed E-state index contributed by atoms with van der Waals surface area (Å²) in [6, 6.07) is 15.5. The molecule has 32 heavy (non-hydrogen) atoms. The van der Waals surface area contributed by atoms with Gasteiger partial charge in [-0.1, -0.05) is 12.1 Å². The van der Waals surface area contributed by atoms with Gasteiger partial charge in [0.2, 0.25) is 0 Å². The topological polar surface area (TPSA) is 55.0 Å². The van der Waals surface area contributed by atoms with Crippen LogP contribution in [0.4, 0.5) is 13.2 Å². The summed E-state index contributed by atoms with van der Waals surface area (Å²) in [6.45, 7) is 5.84. The molecule has 0 aliphatic rings. The fourth-order valence-corrected chi connectivity index (χ4v) is 3.47. The molecule has 0 saturated heterocycles. The molecule has 0 N–H and O–H groups in total. The summed E-state index contributed by atoms with van der Waals surface area (Å²) < 4.78 is 45.4. The molecule has 0 radical (unpaired) electrons. The molecule has 7 heteroatoms. The number of aryl methyl sites for hydroxylation is 1. The van der Waals surface area contributed by atoms with Crippen LogP contribution in [0.3, 0.4) is 0 Å². The molecule has 164 valence electrons. The van der Waals surface area contributed by atoms with Crippen LogP contribution >= 0.6 is 0 Å². The van der Waals surface area contributed by atoms with Crippen molar-refractivity contribution in [2.45, 2.75) is 26.9 Å². The van der Waals surface area contributed by atoms with E-state index in [0.717, 1.165) is 34.8 Å². The van der Waals surface area contributed by atoms with Crippen LogP contribution in [0.5, 0.6) is 0 Å². The summed E-state index contributed by atoms with van der Waals surface area (Å²) in [5.41, 5.74) is 3.72. The molecule has 3 rings (SSSR count). The third-order valence-corrected chi connectivity index (χ3v) is 5.05. The normalized spacial score (nSPS) is 11.8. The Morgan fingerprint density at radius 3 is 2.19 bits per heavy atom. The second-order valence-electron chi connectivity index (χ2n) is 7.17. The van der Waals surface area contributed by atoms with Crippen molar-refractivity contribution in [1.29, 1.82) is 5.26 Å². The van der Waals surface area contributed by atoms with Crippen LogP contribution in [0.1, 0.15) is 45.4 Å². The number of nitrogens with zero attached hydrogens (tertiary/aromatic N) is 2. The Hall–Kier alpha value is -3.79. The van der Waals surface area contributed by atoms with E-state index < -0.39 is 11.7 Å². The maximum Gasteiger partial charge on any atom is 0.416 e. The minimum absolute atomic E-state index is 0.261. The minimum atomic E-state index is -4.43. The zero-order chi connectivity index (χ0) is 23.5. The second-order valence-corrected chi connectivity index (χ2v) is 7.17. The smallest absolute Gasteiger partial charge is 0.416 e. The number of carbonyl (C=O) groups excluding carboxylic acids is 1. The number of allylic oxidation sites excluding steroid dienone is 1. The van der Waals surface area contributed by atoms with Crippen LogP contribution < -0.4 is 0 Å². The maximum absolute atomic E-state index is 12.8. The number of hydrogen-bond acceptors (Lipinski definition) is 3. The van der Waals surface area contributed by atoms with E-state index in [9.17, 15) is 23.2 Å². The summed E-state index contributed by atoms with van der Waals surface area (Å²) in [6.07, 6.45) is -2.77. The Morgan fingerprint density at radius 1 is 1.06 bits per heavy atom. The molecule has 1 heterocycles. The molecule has 0 unspecified atom stereocenters. The molecule has 0 fully saturated rings. The number of nitriles is 1. The number of benzene rings is 2. The highest BCUT2D eigenvalue weighted by atomic mass is 19.4. The molecule has 0 aliphatic heterocycles. The van der Waals surface area contributed by atoms with Gasteiger partial charge in [0.15, 0.2) is 0 Å². The summed E-state index contributed by atoms with van der Waals surface area (Å²) in [7, 11) is 0. The van der Waals surface area contributed by atoms with E-state index >= 15 is 0 Å². The summed E-state index contributed by atoms with van der Waals surface area (Å²) in [4.78, 5) is 11.9. The number of carbonyl (C=O) groups is 1. The standard InChI is InChI=1S/C25H21F3N2O2/c1-4-32-24(31)19-7-11-23(12-8-19)30-16(2)13-20(17(30)3)14-21(15-29)18-5-9-22(10-6-18)25(26,27)28/h5-14H,4H2,1-3H3/b21-14-. The van der Waals surface area contributed by atoms with Crippen molar-refractivity contribution < 1.29 is 22.7 Å². The van der Waals surface area contributed by atoms with Gasteiger partial charge in [-0.05, 0) is 80.4 Å². The predicted molar refractivity (Wildman–Crippen MR) is 116 cm³/mol. The van der Waals surface area contributed by atoms with Gasteiger partial charge in [-0.3, -0.25) is 0 Å². The first-order valence-electron chi connectivity index (χ1n) is 9.91. The van der Waals surface area contributed by atoms with Gasteiger partial charge in [0.1, 0.15) is 0 Å². The molecular formula is C25H21F3N2O2. The predicted octanol–water partition coefficient (Wildman–Crippen LogP) is 6.35. The molecule has 0 atom stereocenters. The van der Waals surface area contributed by atoms with Crippen molar-refractivity contribution in [3.8, 4) is 11.8 Å². The number of ether oxygens (including phenoxy) is 1. The van der Waals surface area contributed by atoms with Gasteiger partial charge >= 0.3 is 12.1 Å². The van der Waals surface area contributed by atoms with Crippen molar-refractivity contribution in [3.63, 3.8) is 0 Å². The number of rotatable bonds is 5. The molecule has 3 aromatic rings. The first-order valence-corrected chi connectivity index (χ1v) is 9.91. The maximum atomic E-state index is 12.8. The molecule has 0 aliphatic carbocycles. The Labute approximate surface area is 184 Å². The highest BCUT2D eigenvalue weighted by molar-refractivity contribution is 5.91. The van der Waals surface area contributed by atoms with Gasteiger partial charge in [-0.2, -0.15) is 18.4 Å². The van der Waals surface area contributed by atoms with E-state index in [2.05, 4.69) is 6.07 Å². The SMILES string of the molecule is CCOC(=O)c1ccc(-n2c(C)cc(/C=C(/C#N)c3ccc(C(F)(F)F)cc3)c2C)cc1. The third-order valence-electron chi connectivity index (χ3n) is 5.05. The number of hydrogen-bond donors (Lipinski definition) is 0. The molecule has 4 nitrogen and oxygen atoms in total. The van der Waals surface area contributed by atoms with Crippen molar-refractivity contribution in [2.24, 2.45) is 0 Å². The van der Waals surface area contributed by atoms with Gasteiger partial charge in [0.05, 0.1) is 29.4 Å². The van der Waals surface area contributed by atoms with Crippen LogP contribution in [-0.4, -0.2) is 17.1 Å². The zero-order valence-electron chi connectivity index (χ0n) is 17.8. The molecular weight excluding hydrogens is 417 g/mol. The van der Waals surface area contributed by atoms with E-state index in [1.54, 1.807) is 37.3 Å². The molecule has 0 amide bonds. The Morgan fingerprint density at radius 2 is 1.66 bits per heavy atom. The second kappa shape index (κ2) is 9.15. The number of aromatic nitrogens is 1. The zero-order valence-corrected chi connectivity index (χ0v) is 17.8. The van der Waals surface area contributed by atoms with Crippen molar-refractivity contribution in [1.82, 2.24) is 4.57 Å². The quantitative estimate of drug-likeness (QED) is 0.344. The largest absolute Gasteiger partial charge is 0.462 e. The number of esters is 1. The molecule has 0 bridgehead atoms. The lowest BCUT2D eigenvalue weighted by Gasteiger charge is -2.11. The van der Waals surface area contributed by atoms with Crippen molar-refractivity contribution in [2.75, 3.05) is 6.61 Å². The molecule has 1 aromatic heterocycles. The van der Waals surface area contributed by atoms with Crippen LogP contribution in [0.2, 0.25) is 0 Å². The average Bonchev–Trinajstić information content (AvgIpc) is 3.04. The number of halogens is 3. The van der Waals surface area contributed by atoms with E-state index in [4.69, 9.17) is 4.74 Å². The van der Waals surface area contributed by atoms with Gasteiger partial charge in [-0.25, -0.2) is 4.79 Å². The van der Waals surface area contributed by atoms with E-state index in [-0.39, 0.29) is 11.5 Å². The van der Waals surface area contributed by atoms with Crippen molar-refractivity contribution in [3.05, 3.63) is 88.2 Å². The first-order chi connectivity index (χ1) is 15.2. The first kappa shape index (κ1) is 22.9. The minimum Gasteiger partial charge on any atom is -0.462 e. The highest BCUT2D eigenvalue weighted by Gasteiger charge is 2.30. The van der Waals surface area contributed by atoms with E-state index in [1.165, 1.54) is 12.1 Å². The Bertz CT molecular complexity index is 1200. The van der Waals surface area contributed by atoms with Crippen LogP contribution in [0.15, 0.2) is 54.6 Å². The van der Waals surface area contributed by atoms with E-state index in [0.29, 0.717) is 17.7 Å². The van der Waals surface area contributed by atoms with Crippen LogP contribution in [0, 0.1) is 25.2 Å². The Balaban J connectivity index is 1.95. The monoisotopic (exact) mass is 438 g/mol. The van der Waals surface area contributed by atoms with Gasteiger partial charge in [0.25, 0.3) is 0 Å². The lowest BCUT2D eigenvalue weighted by molar-refractivity contribution is -0.137. The molecule has 0 saturated carbocycles. The van der Waals surface area contributed by atoms with Crippen molar-refractivity contribution >= 4 is 17.6 Å². The summed E-state index contributed by atoms with van der Waals surface area (Å²) in [5, 5.41) is 9.59. The van der Waals surface area contributed by atoms with Gasteiger partial charge < -0.3 is 9.30 Å².